The van der Waals surface area contributed by atoms with Crippen LogP contribution in [-0.2, 0) is 4.74 Å². The van der Waals surface area contributed by atoms with Crippen LogP contribution in [0.1, 0.15) is 16.8 Å². The first-order valence-electron chi connectivity index (χ1n) is 8.55. The van der Waals surface area contributed by atoms with Crippen LogP contribution in [0.25, 0.3) is 0 Å². The van der Waals surface area contributed by atoms with Crippen molar-refractivity contribution in [2.45, 2.75) is 6.42 Å². The van der Waals surface area contributed by atoms with Crippen LogP contribution >= 0.6 is 0 Å². The minimum atomic E-state index is -0.0758. The SMILES string of the molecule is O=C(c1cccnc1)N1CCOC[C@]2(CCN(c3ncccn3)C2)C1. The van der Waals surface area contributed by atoms with Crippen LogP contribution in [0.2, 0.25) is 0 Å². The molecule has 0 bridgehead atoms. The molecule has 0 radical (unpaired) electrons. The van der Waals surface area contributed by atoms with E-state index in [4.69, 9.17) is 4.74 Å². The molecule has 0 unspecified atom stereocenters. The van der Waals surface area contributed by atoms with Crippen molar-refractivity contribution >= 4 is 11.9 Å². The molecule has 2 aromatic rings. The molecule has 2 saturated heterocycles. The number of carbonyl (C=O) groups excluding carboxylic acids is 1. The van der Waals surface area contributed by atoms with Crippen molar-refractivity contribution in [2.75, 3.05) is 44.3 Å². The number of aromatic nitrogens is 3. The molecule has 7 heteroatoms. The smallest absolute Gasteiger partial charge is 0.255 e. The van der Waals surface area contributed by atoms with Gasteiger partial charge in [-0.1, -0.05) is 0 Å². The summed E-state index contributed by atoms with van der Waals surface area (Å²) in [6.07, 6.45) is 7.78. The molecule has 0 N–H and O–H groups in total. The van der Waals surface area contributed by atoms with E-state index >= 15 is 0 Å². The maximum absolute atomic E-state index is 12.8. The van der Waals surface area contributed by atoms with Gasteiger partial charge in [-0.05, 0) is 24.6 Å². The average molecular weight is 339 g/mol. The number of carbonyl (C=O) groups is 1. The van der Waals surface area contributed by atoms with Crippen molar-refractivity contribution in [2.24, 2.45) is 5.41 Å². The molecule has 25 heavy (non-hydrogen) atoms. The fourth-order valence-electron chi connectivity index (χ4n) is 3.65. The van der Waals surface area contributed by atoms with Crippen LogP contribution in [0.3, 0.4) is 0 Å². The van der Waals surface area contributed by atoms with E-state index in [2.05, 4.69) is 19.9 Å². The Bertz CT molecular complexity index is 727. The lowest BCUT2D eigenvalue weighted by Gasteiger charge is -2.31. The molecule has 2 aromatic heterocycles. The largest absolute Gasteiger partial charge is 0.379 e. The van der Waals surface area contributed by atoms with Crippen LogP contribution in [0.4, 0.5) is 5.95 Å². The number of hydrogen-bond donors (Lipinski definition) is 0. The molecular formula is C18H21N5O2. The molecule has 0 saturated carbocycles. The van der Waals surface area contributed by atoms with Crippen molar-refractivity contribution < 1.29 is 9.53 Å². The first-order chi connectivity index (χ1) is 12.3. The van der Waals surface area contributed by atoms with Crippen LogP contribution < -0.4 is 4.90 Å². The quantitative estimate of drug-likeness (QED) is 0.820. The number of nitrogens with zero attached hydrogens (tertiary/aromatic N) is 5. The molecule has 2 fully saturated rings. The summed E-state index contributed by atoms with van der Waals surface area (Å²) in [5, 5.41) is 0. The third-order valence-electron chi connectivity index (χ3n) is 4.91. The zero-order chi connectivity index (χ0) is 17.1. The van der Waals surface area contributed by atoms with Crippen molar-refractivity contribution in [3.63, 3.8) is 0 Å². The monoisotopic (exact) mass is 339 g/mol. The Hall–Kier alpha value is -2.54. The van der Waals surface area contributed by atoms with E-state index in [9.17, 15) is 4.79 Å². The number of anilines is 1. The molecule has 7 nitrogen and oxygen atoms in total. The summed E-state index contributed by atoms with van der Waals surface area (Å²) in [4.78, 5) is 29.7. The minimum absolute atomic E-state index is 0.0207. The number of ether oxygens (including phenoxy) is 1. The number of hydrogen-bond acceptors (Lipinski definition) is 6. The summed E-state index contributed by atoms with van der Waals surface area (Å²) in [5.41, 5.74) is 0.550. The van der Waals surface area contributed by atoms with Gasteiger partial charge in [-0.25, -0.2) is 9.97 Å². The fourth-order valence-corrected chi connectivity index (χ4v) is 3.65. The molecule has 1 amide bonds. The fraction of sp³-hybridized carbons (Fsp3) is 0.444. The molecule has 4 rings (SSSR count). The van der Waals surface area contributed by atoms with E-state index in [0.29, 0.717) is 31.9 Å². The van der Waals surface area contributed by atoms with Gasteiger partial charge in [0.05, 0.1) is 18.8 Å². The zero-order valence-electron chi connectivity index (χ0n) is 14.0. The summed E-state index contributed by atoms with van der Waals surface area (Å²) in [5.74, 6) is 0.765. The van der Waals surface area contributed by atoms with Gasteiger partial charge in [0.25, 0.3) is 5.91 Å². The first-order valence-corrected chi connectivity index (χ1v) is 8.55. The Balaban J connectivity index is 1.51. The molecular weight excluding hydrogens is 318 g/mol. The van der Waals surface area contributed by atoms with E-state index < -0.39 is 0 Å². The summed E-state index contributed by atoms with van der Waals surface area (Å²) in [6, 6.07) is 5.42. The third-order valence-corrected chi connectivity index (χ3v) is 4.91. The van der Waals surface area contributed by atoms with Gasteiger partial charge >= 0.3 is 0 Å². The lowest BCUT2D eigenvalue weighted by Crippen LogP contribution is -2.43. The molecule has 2 aliphatic heterocycles. The van der Waals surface area contributed by atoms with Gasteiger partial charge in [0.1, 0.15) is 0 Å². The third kappa shape index (κ3) is 3.32. The van der Waals surface area contributed by atoms with E-state index in [1.165, 1.54) is 0 Å². The molecule has 1 atom stereocenters. The average Bonchev–Trinajstić information content (AvgIpc) is 2.97. The second-order valence-electron chi connectivity index (χ2n) is 6.74. The van der Waals surface area contributed by atoms with Gasteiger partial charge in [0, 0.05) is 56.4 Å². The Morgan fingerprint density at radius 1 is 1.12 bits per heavy atom. The lowest BCUT2D eigenvalue weighted by atomic mass is 9.87. The van der Waals surface area contributed by atoms with Crippen LogP contribution in [0.15, 0.2) is 43.0 Å². The van der Waals surface area contributed by atoms with E-state index in [1.54, 1.807) is 30.9 Å². The maximum Gasteiger partial charge on any atom is 0.255 e. The maximum atomic E-state index is 12.8. The normalized spacial score (nSPS) is 23.7. The van der Waals surface area contributed by atoms with Crippen LogP contribution in [0, 0.1) is 5.41 Å². The van der Waals surface area contributed by atoms with Gasteiger partial charge < -0.3 is 14.5 Å². The van der Waals surface area contributed by atoms with Crippen molar-refractivity contribution in [3.8, 4) is 0 Å². The van der Waals surface area contributed by atoms with Crippen molar-refractivity contribution in [3.05, 3.63) is 48.5 Å². The Morgan fingerprint density at radius 2 is 2.00 bits per heavy atom. The highest BCUT2D eigenvalue weighted by Gasteiger charge is 2.43. The number of amides is 1. The topological polar surface area (TPSA) is 71.5 Å². The first kappa shape index (κ1) is 16.0. The van der Waals surface area contributed by atoms with Crippen molar-refractivity contribution in [1.29, 1.82) is 0 Å². The highest BCUT2D eigenvalue weighted by molar-refractivity contribution is 5.93. The molecule has 1 spiro atoms. The van der Waals surface area contributed by atoms with Gasteiger partial charge in [0.2, 0.25) is 5.95 Å². The van der Waals surface area contributed by atoms with Gasteiger partial charge in [0.15, 0.2) is 0 Å². The second kappa shape index (κ2) is 6.76. The summed E-state index contributed by atoms with van der Waals surface area (Å²) >= 11 is 0. The number of pyridine rings is 1. The Morgan fingerprint density at radius 3 is 2.80 bits per heavy atom. The van der Waals surface area contributed by atoms with Gasteiger partial charge in [-0.15, -0.1) is 0 Å². The molecule has 0 aliphatic carbocycles. The lowest BCUT2D eigenvalue weighted by molar-refractivity contribution is 0.0690. The number of rotatable bonds is 2. The standard InChI is InChI=1S/C18H21N5O2/c24-16(15-3-1-5-19-11-15)22-9-10-25-14-18(12-22)4-8-23(13-18)17-20-6-2-7-21-17/h1-3,5-7,11H,4,8-10,12-14H2/t18-/m1/s1. The van der Waals surface area contributed by atoms with Gasteiger partial charge in [-0.2, -0.15) is 0 Å². The van der Waals surface area contributed by atoms with E-state index in [-0.39, 0.29) is 11.3 Å². The Kier molecular flexibility index (Phi) is 4.31. The molecule has 4 heterocycles. The van der Waals surface area contributed by atoms with Crippen LogP contribution in [-0.4, -0.2) is 65.2 Å². The predicted octanol–water partition coefficient (Wildman–Crippen LogP) is 1.24. The van der Waals surface area contributed by atoms with E-state index in [0.717, 1.165) is 25.5 Å². The highest BCUT2D eigenvalue weighted by Crippen LogP contribution is 2.35. The summed E-state index contributed by atoms with van der Waals surface area (Å²) in [7, 11) is 0. The predicted molar refractivity (Wildman–Crippen MR) is 92.3 cm³/mol. The minimum Gasteiger partial charge on any atom is -0.379 e. The van der Waals surface area contributed by atoms with Gasteiger partial charge in [-0.3, -0.25) is 9.78 Å². The second-order valence-corrected chi connectivity index (χ2v) is 6.74. The highest BCUT2D eigenvalue weighted by atomic mass is 16.5. The molecule has 0 aromatic carbocycles. The van der Waals surface area contributed by atoms with Crippen LogP contribution in [0.5, 0.6) is 0 Å². The molecule has 2 aliphatic rings. The zero-order valence-corrected chi connectivity index (χ0v) is 14.0. The summed E-state index contributed by atoms with van der Waals surface area (Å²) in [6.45, 7) is 4.19. The van der Waals surface area contributed by atoms with E-state index in [1.807, 2.05) is 17.0 Å². The van der Waals surface area contributed by atoms with Crippen molar-refractivity contribution in [1.82, 2.24) is 19.9 Å². The Labute approximate surface area is 146 Å². The summed E-state index contributed by atoms with van der Waals surface area (Å²) < 4.78 is 5.86. The molecule has 130 valence electrons.